The zero-order chi connectivity index (χ0) is 14.3. The van der Waals surface area contributed by atoms with E-state index in [1.54, 1.807) is 6.92 Å². The van der Waals surface area contributed by atoms with Gasteiger partial charge in [-0.2, -0.15) is 0 Å². The maximum absolute atomic E-state index is 11.0. The highest BCUT2D eigenvalue weighted by Gasteiger charge is 2.01. The van der Waals surface area contributed by atoms with E-state index in [9.17, 15) is 4.79 Å². The molecule has 0 radical (unpaired) electrons. The summed E-state index contributed by atoms with van der Waals surface area (Å²) in [6.07, 6.45) is 2.92. The van der Waals surface area contributed by atoms with Crippen molar-refractivity contribution in [1.82, 2.24) is 0 Å². The second-order valence-electron chi connectivity index (χ2n) is 4.17. The van der Waals surface area contributed by atoms with Gasteiger partial charge in [0.05, 0.1) is 19.8 Å². The molecule has 19 heavy (non-hydrogen) atoms. The van der Waals surface area contributed by atoms with Gasteiger partial charge >= 0.3 is 16.0 Å². The van der Waals surface area contributed by atoms with Crippen LogP contribution in [0, 0.1) is 0 Å². The maximum atomic E-state index is 11.0. The lowest BCUT2D eigenvalue weighted by molar-refractivity contribution is -0.139. The summed E-state index contributed by atoms with van der Waals surface area (Å²) in [6.45, 7) is 10.2. The standard InChI is InChI=1S/C13H26O5Si/c1-4-5-7-15-10-11-18-19-17-9-6-8-16-13(14)12(2)3/h2,4-11,19H2,1,3H3. The SMILES string of the molecule is C=C(C)C(=O)OCCCO[SiH2]OCCOCCCC. The highest BCUT2D eigenvalue weighted by molar-refractivity contribution is 6.17. The average molecular weight is 290 g/mol. The van der Waals surface area contributed by atoms with E-state index in [-0.39, 0.29) is 5.97 Å². The summed E-state index contributed by atoms with van der Waals surface area (Å²) in [7, 11) is -0.929. The van der Waals surface area contributed by atoms with Gasteiger partial charge in [0.15, 0.2) is 0 Å². The Morgan fingerprint density at radius 1 is 1.05 bits per heavy atom. The Labute approximate surface area is 118 Å². The summed E-state index contributed by atoms with van der Waals surface area (Å²) in [5, 5.41) is 0. The third-order valence-electron chi connectivity index (χ3n) is 2.20. The molecule has 0 aliphatic heterocycles. The minimum absolute atomic E-state index is 0.349. The van der Waals surface area contributed by atoms with Gasteiger partial charge in [-0.3, -0.25) is 0 Å². The molecule has 0 rings (SSSR count). The molecular weight excluding hydrogens is 264 g/mol. The first-order chi connectivity index (χ1) is 9.18. The number of hydrogen-bond donors (Lipinski definition) is 0. The van der Waals surface area contributed by atoms with E-state index >= 15 is 0 Å². The first-order valence-electron chi connectivity index (χ1n) is 6.74. The molecule has 0 N–H and O–H groups in total. The van der Waals surface area contributed by atoms with Crippen molar-refractivity contribution in [3.63, 3.8) is 0 Å². The van der Waals surface area contributed by atoms with Crippen LogP contribution in [0.3, 0.4) is 0 Å². The molecule has 0 fully saturated rings. The summed E-state index contributed by atoms with van der Waals surface area (Å²) in [6, 6.07) is 0. The lowest BCUT2D eigenvalue weighted by Crippen LogP contribution is -2.13. The van der Waals surface area contributed by atoms with E-state index in [0.717, 1.165) is 19.4 Å². The van der Waals surface area contributed by atoms with Gasteiger partial charge in [-0.15, -0.1) is 0 Å². The second kappa shape index (κ2) is 13.7. The van der Waals surface area contributed by atoms with Crippen molar-refractivity contribution in [3.8, 4) is 0 Å². The molecule has 0 saturated heterocycles. The molecule has 6 heteroatoms. The molecule has 0 aliphatic rings. The van der Waals surface area contributed by atoms with Crippen molar-refractivity contribution in [2.45, 2.75) is 33.1 Å². The summed E-state index contributed by atoms with van der Waals surface area (Å²) in [5.74, 6) is -0.349. The Bertz CT molecular complexity index is 245. The van der Waals surface area contributed by atoms with E-state index in [1.165, 1.54) is 0 Å². The monoisotopic (exact) mass is 290 g/mol. The summed E-state index contributed by atoms with van der Waals surface area (Å²) in [5.41, 5.74) is 0.418. The predicted molar refractivity (Wildman–Crippen MR) is 76.6 cm³/mol. The predicted octanol–water partition coefficient (Wildman–Crippen LogP) is 1.34. The van der Waals surface area contributed by atoms with Crippen molar-refractivity contribution in [2.75, 3.05) is 33.0 Å². The Morgan fingerprint density at radius 2 is 1.79 bits per heavy atom. The fraction of sp³-hybridized carbons (Fsp3) is 0.769. The molecule has 0 aromatic rings. The van der Waals surface area contributed by atoms with Crippen LogP contribution in [0.5, 0.6) is 0 Å². The molecule has 0 bridgehead atoms. The molecule has 0 atom stereocenters. The van der Waals surface area contributed by atoms with E-state index < -0.39 is 10.0 Å². The number of esters is 1. The minimum atomic E-state index is -0.929. The average Bonchev–Trinajstić information content (AvgIpc) is 2.39. The minimum Gasteiger partial charge on any atom is -0.462 e. The summed E-state index contributed by atoms with van der Waals surface area (Å²) in [4.78, 5) is 11.0. The molecule has 0 heterocycles. The Morgan fingerprint density at radius 3 is 2.47 bits per heavy atom. The molecule has 5 nitrogen and oxygen atoms in total. The van der Waals surface area contributed by atoms with Crippen LogP contribution in [0.4, 0.5) is 0 Å². The third kappa shape index (κ3) is 13.5. The molecule has 0 aromatic carbocycles. The molecule has 0 aliphatic carbocycles. The largest absolute Gasteiger partial charge is 0.462 e. The first kappa shape index (κ1) is 18.3. The Balaban J connectivity index is 3.07. The van der Waals surface area contributed by atoms with Crippen molar-refractivity contribution in [3.05, 3.63) is 12.2 Å². The number of carbonyl (C=O) groups is 1. The molecule has 0 aromatic heterocycles. The molecule has 0 saturated carbocycles. The topological polar surface area (TPSA) is 54.0 Å². The van der Waals surface area contributed by atoms with E-state index in [1.807, 2.05) is 0 Å². The smallest absolute Gasteiger partial charge is 0.333 e. The van der Waals surface area contributed by atoms with Gasteiger partial charge in [-0.05, 0) is 13.3 Å². The van der Waals surface area contributed by atoms with Gasteiger partial charge in [0.1, 0.15) is 0 Å². The van der Waals surface area contributed by atoms with Gasteiger partial charge in [-0.25, -0.2) is 4.79 Å². The van der Waals surface area contributed by atoms with Crippen molar-refractivity contribution in [2.24, 2.45) is 0 Å². The van der Waals surface area contributed by atoms with Gasteiger partial charge in [0, 0.05) is 25.2 Å². The highest BCUT2D eigenvalue weighted by Crippen LogP contribution is 1.93. The lowest BCUT2D eigenvalue weighted by Gasteiger charge is -2.07. The van der Waals surface area contributed by atoms with Crippen molar-refractivity contribution >= 4 is 16.0 Å². The Kier molecular flexibility index (Phi) is 13.2. The zero-order valence-electron chi connectivity index (χ0n) is 12.1. The van der Waals surface area contributed by atoms with Crippen LogP contribution < -0.4 is 0 Å². The van der Waals surface area contributed by atoms with Crippen LogP contribution in [0.25, 0.3) is 0 Å². The number of rotatable bonds is 13. The van der Waals surface area contributed by atoms with Crippen LogP contribution in [0.15, 0.2) is 12.2 Å². The van der Waals surface area contributed by atoms with Crippen LogP contribution in [0.1, 0.15) is 33.1 Å². The summed E-state index contributed by atoms with van der Waals surface area (Å²) < 4.78 is 21.0. The maximum Gasteiger partial charge on any atom is 0.333 e. The van der Waals surface area contributed by atoms with Crippen molar-refractivity contribution in [1.29, 1.82) is 0 Å². The third-order valence-corrected chi connectivity index (χ3v) is 3.11. The number of hydrogen-bond acceptors (Lipinski definition) is 5. The summed E-state index contributed by atoms with van der Waals surface area (Å²) >= 11 is 0. The van der Waals surface area contributed by atoms with Crippen LogP contribution in [0.2, 0.25) is 0 Å². The second-order valence-corrected chi connectivity index (χ2v) is 5.22. The van der Waals surface area contributed by atoms with Gasteiger partial charge in [0.2, 0.25) is 0 Å². The quantitative estimate of drug-likeness (QED) is 0.222. The van der Waals surface area contributed by atoms with Crippen molar-refractivity contribution < 1.29 is 23.1 Å². The first-order valence-corrected chi connectivity index (χ1v) is 7.89. The van der Waals surface area contributed by atoms with E-state index in [2.05, 4.69) is 13.5 Å². The highest BCUT2D eigenvalue weighted by atomic mass is 28.3. The fourth-order valence-electron chi connectivity index (χ4n) is 1.09. The zero-order valence-corrected chi connectivity index (χ0v) is 13.5. The fourth-order valence-corrected chi connectivity index (χ4v) is 1.77. The number of unbranched alkanes of at least 4 members (excludes halogenated alkanes) is 1. The van der Waals surface area contributed by atoms with E-state index in [0.29, 0.717) is 38.4 Å². The molecule has 0 spiro atoms. The molecule has 112 valence electrons. The molecular formula is C13H26O5Si. The molecule has 0 unspecified atom stereocenters. The van der Waals surface area contributed by atoms with E-state index in [4.69, 9.17) is 18.3 Å². The van der Waals surface area contributed by atoms with Crippen LogP contribution >= 0.6 is 0 Å². The van der Waals surface area contributed by atoms with Gasteiger partial charge in [-0.1, -0.05) is 19.9 Å². The normalized spacial score (nSPS) is 11.1. The number of ether oxygens (including phenoxy) is 2. The lowest BCUT2D eigenvalue weighted by atomic mass is 10.4. The Hall–Kier alpha value is -0.693. The van der Waals surface area contributed by atoms with Crippen LogP contribution in [-0.4, -0.2) is 49.0 Å². The van der Waals surface area contributed by atoms with Gasteiger partial charge < -0.3 is 18.3 Å². The van der Waals surface area contributed by atoms with Crippen LogP contribution in [-0.2, 0) is 23.1 Å². The molecule has 0 amide bonds. The van der Waals surface area contributed by atoms with Gasteiger partial charge in [0.25, 0.3) is 0 Å². The number of carbonyl (C=O) groups excluding carboxylic acids is 1.